The summed E-state index contributed by atoms with van der Waals surface area (Å²) in [5.74, 6) is -0.155. The van der Waals surface area contributed by atoms with Gasteiger partial charge >= 0.3 is 5.97 Å². The molecule has 0 atom stereocenters. The van der Waals surface area contributed by atoms with E-state index in [1.807, 2.05) is 91.0 Å². The van der Waals surface area contributed by atoms with Crippen molar-refractivity contribution in [3.05, 3.63) is 108 Å². The van der Waals surface area contributed by atoms with Gasteiger partial charge in [0.25, 0.3) is 5.89 Å². The molecular weight excluding hydrogens is 352 g/mol. The number of carbonyl (C=O) groups excluding carboxylic acids is 1. The first-order valence-electron chi connectivity index (χ1n) is 8.96. The van der Waals surface area contributed by atoms with Crippen LogP contribution in [0.1, 0.15) is 22.9 Å². The molecule has 4 rings (SSSR count). The van der Waals surface area contributed by atoms with E-state index in [0.717, 1.165) is 16.7 Å². The van der Waals surface area contributed by atoms with Crippen LogP contribution in [0.2, 0.25) is 0 Å². The van der Waals surface area contributed by atoms with Crippen LogP contribution in [0.4, 0.5) is 0 Å². The summed E-state index contributed by atoms with van der Waals surface area (Å²) in [5, 5.41) is 3.95. The number of ether oxygens (including phenoxy) is 1. The third-order valence-electron chi connectivity index (χ3n) is 4.34. The van der Waals surface area contributed by atoms with E-state index in [9.17, 15) is 4.79 Å². The lowest BCUT2D eigenvalue weighted by molar-refractivity contribution is -0.146. The van der Waals surface area contributed by atoms with Crippen molar-refractivity contribution >= 4 is 5.97 Å². The van der Waals surface area contributed by atoms with Crippen molar-refractivity contribution < 1.29 is 14.1 Å². The van der Waals surface area contributed by atoms with Gasteiger partial charge < -0.3 is 9.26 Å². The molecule has 1 aromatic heterocycles. The Morgan fingerprint density at radius 1 is 0.821 bits per heavy atom. The number of nitrogens with zero attached hydrogens (tertiary/aromatic N) is 2. The van der Waals surface area contributed by atoms with Crippen LogP contribution >= 0.6 is 0 Å². The van der Waals surface area contributed by atoms with E-state index in [1.54, 1.807) is 0 Å². The first-order valence-corrected chi connectivity index (χ1v) is 8.96. The van der Waals surface area contributed by atoms with Gasteiger partial charge in [-0.05, 0) is 11.1 Å². The molecule has 0 saturated carbocycles. The molecule has 0 spiro atoms. The van der Waals surface area contributed by atoms with Gasteiger partial charge in [-0.25, -0.2) is 0 Å². The smallest absolute Gasteiger partial charge is 0.318 e. The number of benzene rings is 3. The number of hydrogen-bond donors (Lipinski definition) is 0. The molecule has 0 bridgehead atoms. The number of aromatic nitrogens is 2. The monoisotopic (exact) mass is 370 g/mol. The molecule has 0 saturated heterocycles. The molecule has 0 N–H and O–H groups in total. The van der Waals surface area contributed by atoms with Crippen LogP contribution in [0.3, 0.4) is 0 Å². The van der Waals surface area contributed by atoms with Crippen molar-refractivity contribution in [3.63, 3.8) is 0 Å². The zero-order valence-corrected chi connectivity index (χ0v) is 15.1. The van der Waals surface area contributed by atoms with E-state index in [0.29, 0.717) is 5.82 Å². The highest BCUT2D eigenvalue weighted by molar-refractivity contribution is 5.82. The molecule has 5 nitrogen and oxygen atoms in total. The summed E-state index contributed by atoms with van der Waals surface area (Å²) in [4.78, 5) is 17.2. The third-order valence-corrected chi connectivity index (χ3v) is 4.34. The fourth-order valence-electron chi connectivity index (χ4n) is 2.99. The van der Waals surface area contributed by atoms with Crippen LogP contribution in [0, 0.1) is 0 Å². The molecule has 0 fully saturated rings. The maximum Gasteiger partial charge on any atom is 0.318 e. The van der Waals surface area contributed by atoms with Crippen LogP contribution in [-0.4, -0.2) is 16.1 Å². The molecule has 28 heavy (non-hydrogen) atoms. The average molecular weight is 370 g/mol. The average Bonchev–Trinajstić information content (AvgIpc) is 3.24. The lowest BCUT2D eigenvalue weighted by Crippen LogP contribution is -2.17. The Hall–Kier alpha value is -3.73. The molecule has 0 amide bonds. The lowest BCUT2D eigenvalue weighted by Gasteiger charge is -2.16. The molecule has 4 aromatic rings. The van der Waals surface area contributed by atoms with Crippen LogP contribution in [0.5, 0.6) is 0 Å². The van der Waals surface area contributed by atoms with Crippen molar-refractivity contribution in [3.8, 4) is 11.4 Å². The predicted molar refractivity (Wildman–Crippen MR) is 104 cm³/mol. The zero-order valence-electron chi connectivity index (χ0n) is 15.1. The van der Waals surface area contributed by atoms with E-state index < -0.39 is 5.92 Å². The zero-order chi connectivity index (χ0) is 19.2. The van der Waals surface area contributed by atoms with E-state index in [-0.39, 0.29) is 18.5 Å². The Bertz CT molecular complexity index is 992. The Kier molecular flexibility index (Phi) is 5.24. The van der Waals surface area contributed by atoms with Crippen LogP contribution in [0.25, 0.3) is 11.4 Å². The van der Waals surface area contributed by atoms with Crippen LogP contribution in [0.15, 0.2) is 95.5 Å². The topological polar surface area (TPSA) is 65.2 Å². The highest BCUT2D eigenvalue weighted by atomic mass is 16.6. The summed E-state index contributed by atoms with van der Waals surface area (Å²) in [5.41, 5.74) is 2.58. The minimum atomic E-state index is -0.515. The molecule has 3 aromatic carbocycles. The van der Waals surface area contributed by atoms with E-state index in [4.69, 9.17) is 9.26 Å². The molecule has 0 aliphatic carbocycles. The van der Waals surface area contributed by atoms with Gasteiger partial charge in [-0.1, -0.05) is 96.2 Å². The SMILES string of the molecule is O=C(OCc1nc(-c2ccccc2)no1)C(c1ccccc1)c1ccccc1. The molecule has 1 heterocycles. The number of carbonyl (C=O) groups is 1. The largest absolute Gasteiger partial charge is 0.455 e. The number of hydrogen-bond acceptors (Lipinski definition) is 5. The van der Waals surface area contributed by atoms with Crippen molar-refractivity contribution in [1.82, 2.24) is 10.1 Å². The molecule has 0 aliphatic heterocycles. The van der Waals surface area contributed by atoms with Gasteiger partial charge in [0.15, 0.2) is 6.61 Å². The fourth-order valence-corrected chi connectivity index (χ4v) is 2.99. The highest BCUT2D eigenvalue weighted by Crippen LogP contribution is 2.26. The van der Waals surface area contributed by atoms with Crippen LogP contribution < -0.4 is 0 Å². The van der Waals surface area contributed by atoms with E-state index >= 15 is 0 Å². The second-order valence-electron chi connectivity index (χ2n) is 6.24. The van der Waals surface area contributed by atoms with Crippen molar-refractivity contribution in [1.29, 1.82) is 0 Å². The van der Waals surface area contributed by atoms with Crippen LogP contribution in [-0.2, 0) is 16.1 Å². The molecule has 138 valence electrons. The second-order valence-corrected chi connectivity index (χ2v) is 6.24. The van der Waals surface area contributed by atoms with Gasteiger partial charge in [0.2, 0.25) is 5.82 Å². The molecular formula is C23H18N2O3. The summed E-state index contributed by atoms with van der Waals surface area (Å²) in [7, 11) is 0. The Balaban J connectivity index is 1.50. The number of esters is 1. The molecule has 5 heteroatoms. The van der Waals surface area contributed by atoms with Gasteiger partial charge in [-0.2, -0.15) is 4.98 Å². The summed E-state index contributed by atoms with van der Waals surface area (Å²) >= 11 is 0. The highest BCUT2D eigenvalue weighted by Gasteiger charge is 2.24. The number of rotatable bonds is 6. The van der Waals surface area contributed by atoms with Gasteiger partial charge in [-0.15, -0.1) is 0 Å². The predicted octanol–water partition coefficient (Wildman–Crippen LogP) is 4.61. The van der Waals surface area contributed by atoms with Gasteiger partial charge in [0.05, 0.1) is 0 Å². The summed E-state index contributed by atoms with van der Waals surface area (Å²) in [6, 6.07) is 28.6. The maximum atomic E-state index is 12.9. The van der Waals surface area contributed by atoms with Crippen molar-refractivity contribution in [2.24, 2.45) is 0 Å². The van der Waals surface area contributed by atoms with E-state index in [2.05, 4.69) is 10.1 Å². The normalized spacial score (nSPS) is 10.8. The standard InChI is InChI=1S/C23H18N2O3/c26-23(21(17-10-4-1-5-11-17)18-12-6-2-7-13-18)27-16-20-24-22(25-28-20)19-14-8-3-9-15-19/h1-15,21H,16H2. The van der Waals surface area contributed by atoms with Gasteiger partial charge in [0, 0.05) is 5.56 Å². The second kappa shape index (κ2) is 8.31. The van der Waals surface area contributed by atoms with E-state index in [1.165, 1.54) is 0 Å². The summed E-state index contributed by atoms with van der Waals surface area (Å²) < 4.78 is 10.7. The lowest BCUT2D eigenvalue weighted by atomic mass is 9.91. The summed E-state index contributed by atoms with van der Waals surface area (Å²) in [6.45, 7) is -0.0746. The first-order chi connectivity index (χ1) is 13.8. The Morgan fingerprint density at radius 3 is 1.93 bits per heavy atom. The summed E-state index contributed by atoms with van der Waals surface area (Å²) in [6.07, 6.45) is 0. The van der Waals surface area contributed by atoms with Gasteiger partial charge in [-0.3, -0.25) is 4.79 Å². The first kappa shape index (κ1) is 17.7. The minimum Gasteiger partial charge on any atom is -0.455 e. The minimum absolute atomic E-state index is 0.0746. The van der Waals surface area contributed by atoms with Crippen molar-refractivity contribution in [2.45, 2.75) is 12.5 Å². The van der Waals surface area contributed by atoms with Gasteiger partial charge in [0.1, 0.15) is 5.92 Å². The molecule has 0 radical (unpaired) electrons. The fraction of sp³-hybridized carbons (Fsp3) is 0.0870. The quantitative estimate of drug-likeness (QED) is 0.464. The molecule has 0 unspecified atom stereocenters. The third kappa shape index (κ3) is 3.99. The van der Waals surface area contributed by atoms with Crippen molar-refractivity contribution in [2.75, 3.05) is 0 Å². The molecule has 0 aliphatic rings. The Labute approximate surface area is 162 Å². The maximum absolute atomic E-state index is 12.9. The Morgan fingerprint density at radius 2 is 1.36 bits per heavy atom.